The van der Waals surface area contributed by atoms with Crippen molar-refractivity contribution in [1.29, 1.82) is 0 Å². The quantitative estimate of drug-likeness (QED) is 0.484. The summed E-state index contributed by atoms with van der Waals surface area (Å²) in [5.74, 6) is 0. The van der Waals surface area contributed by atoms with Crippen LogP contribution in [0, 0.1) is 0 Å². The number of allylic oxidation sites excluding steroid dienone is 2. The molecular formula is C18H18. The molecule has 90 valence electrons. The van der Waals surface area contributed by atoms with Crippen LogP contribution in [0.15, 0.2) is 73.3 Å². The molecule has 0 saturated carbocycles. The first-order valence-corrected chi connectivity index (χ1v) is 6.33. The van der Waals surface area contributed by atoms with Crippen molar-refractivity contribution in [2.45, 2.75) is 12.8 Å². The van der Waals surface area contributed by atoms with Gasteiger partial charge in [0, 0.05) is 0 Å². The third kappa shape index (κ3) is 3.21. The van der Waals surface area contributed by atoms with E-state index in [1.54, 1.807) is 0 Å². The minimum absolute atomic E-state index is 1.03. The van der Waals surface area contributed by atoms with E-state index >= 15 is 0 Å². The fourth-order valence-corrected chi connectivity index (χ4v) is 1.95. The standard InChI is InChI=1S/C18H18/c1-2-3-4-6-11-17-14-9-10-15-18(17)16-12-7-5-8-13-16/h2,5-15H,1,3-4H2. The van der Waals surface area contributed by atoms with Crippen molar-refractivity contribution in [3.8, 4) is 11.1 Å². The molecule has 0 atom stereocenters. The first kappa shape index (κ1) is 12.4. The molecule has 0 heteroatoms. The fourth-order valence-electron chi connectivity index (χ4n) is 1.95. The molecule has 2 aromatic rings. The van der Waals surface area contributed by atoms with Crippen molar-refractivity contribution in [1.82, 2.24) is 0 Å². The van der Waals surface area contributed by atoms with Crippen LogP contribution in [0.3, 0.4) is 0 Å². The monoisotopic (exact) mass is 234 g/mol. The molecule has 0 aliphatic heterocycles. The van der Waals surface area contributed by atoms with Gasteiger partial charge < -0.3 is 0 Å². The lowest BCUT2D eigenvalue weighted by Crippen LogP contribution is -1.82. The third-order valence-electron chi connectivity index (χ3n) is 2.88. The highest BCUT2D eigenvalue weighted by Crippen LogP contribution is 2.24. The third-order valence-corrected chi connectivity index (χ3v) is 2.88. The summed E-state index contributed by atoms with van der Waals surface area (Å²) in [4.78, 5) is 0. The maximum atomic E-state index is 3.74. The Bertz CT molecular complexity index is 521. The molecule has 2 rings (SSSR count). The Kier molecular flexibility index (Phi) is 4.54. The zero-order valence-electron chi connectivity index (χ0n) is 10.5. The lowest BCUT2D eigenvalue weighted by atomic mass is 9.99. The summed E-state index contributed by atoms with van der Waals surface area (Å²) in [7, 11) is 0. The van der Waals surface area contributed by atoms with Crippen molar-refractivity contribution < 1.29 is 0 Å². The molecule has 0 amide bonds. The van der Waals surface area contributed by atoms with Gasteiger partial charge in [0.05, 0.1) is 0 Å². The Hall–Kier alpha value is -2.08. The largest absolute Gasteiger partial charge is 0.103 e. The molecule has 2 aromatic carbocycles. The Morgan fingerprint density at radius 1 is 0.833 bits per heavy atom. The molecule has 0 N–H and O–H groups in total. The summed E-state index contributed by atoms with van der Waals surface area (Å²) in [6.07, 6.45) is 8.44. The number of unbranched alkanes of at least 4 members (excludes halogenated alkanes) is 1. The first-order chi connectivity index (χ1) is 8.92. The van der Waals surface area contributed by atoms with Gasteiger partial charge in [-0.05, 0) is 29.5 Å². The van der Waals surface area contributed by atoms with Crippen LogP contribution in [0.1, 0.15) is 18.4 Å². The van der Waals surface area contributed by atoms with Gasteiger partial charge in [0.25, 0.3) is 0 Å². The van der Waals surface area contributed by atoms with Gasteiger partial charge in [-0.25, -0.2) is 0 Å². The molecule has 0 saturated heterocycles. The van der Waals surface area contributed by atoms with Crippen molar-refractivity contribution in [2.75, 3.05) is 0 Å². The van der Waals surface area contributed by atoms with E-state index in [1.165, 1.54) is 16.7 Å². The van der Waals surface area contributed by atoms with Crippen LogP contribution in [0.5, 0.6) is 0 Å². The van der Waals surface area contributed by atoms with Gasteiger partial charge in [-0.2, -0.15) is 0 Å². The van der Waals surface area contributed by atoms with E-state index in [0.29, 0.717) is 0 Å². The van der Waals surface area contributed by atoms with Crippen molar-refractivity contribution in [3.63, 3.8) is 0 Å². The maximum absolute atomic E-state index is 3.74. The Balaban J connectivity index is 2.26. The van der Waals surface area contributed by atoms with Gasteiger partial charge in [-0.1, -0.05) is 72.8 Å². The van der Waals surface area contributed by atoms with Crippen molar-refractivity contribution >= 4 is 6.08 Å². The summed E-state index contributed by atoms with van der Waals surface area (Å²) >= 11 is 0. The number of benzene rings is 2. The van der Waals surface area contributed by atoms with Crippen LogP contribution in [0.2, 0.25) is 0 Å². The summed E-state index contributed by atoms with van der Waals surface area (Å²) in [6.45, 7) is 3.74. The summed E-state index contributed by atoms with van der Waals surface area (Å²) in [6, 6.07) is 19.0. The molecule has 0 aromatic heterocycles. The molecule has 0 fully saturated rings. The van der Waals surface area contributed by atoms with Gasteiger partial charge in [0.15, 0.2) is 0 Å². The van der Waals surface area contributed by atoms with E-state index in [9.17, 15) is 0 Å². The van der Waals surface area contributed by atoms with Crippen LogP contribution < -0.4 is 0 Å². The minimum atomic E-state index is 1.03. The molecular weight excluding hydrogens is 216 g/mol. The van der Waals surface area contributed by atoms with Gasteiger partial charge in [-0.3, -0.25) is 0 Å². The van der Waals surface area contributed by atoms with Crippen LogP contribution in [-0.4, -0.2) is 0 Å². The van der Waals surface area contributed by atoms with Crippen LogP contribution in [0.4, 0.5) is 0 Å². The van der Waals surface area contributed by atoms with E-state index in [1.807, 2.05) is 12.1 Å². The van der Waals surface area contributed by atoms with Crippen LogP contribution in [-0.2, 0) is 0 Å². The molecule has 0 aliphatic rings. The van der Waals surface area contributed by atoms with E-state index in [0.717, 1.165) is 12.8 Å². The Morgan fingerprint density at radius 2 is 1.56 bits per heavy atom. The number of rotatable bonds is 5. The van der Waals surface area contributed by atoms with E-state index in [4.69, 9.17) is 0 Å². The molecule has 0 nitrogen and oxygen atoms in total. The second-order valence-electron chi connectivity index (χ2n) is 4.22. The SMILES string of the molecule is C=CCCC=Cc1ccccc1-c1ccccc1. The zero-order valence-corrected chi connectivity index (χ0v) is 10.5. The highest BCUT2D eigenvalue weighted by atomic mass is 14.0. The second-order valence-corrected chi connectivity index (χ2v) is 4.22. The lowest BCUT2D eigenvalue weighted by Gasteiger charge is -2.05. The van der Waals surface area contributed by atoms with E-state index in [2.05, 4.69) is 67.3 Å². The van der Waals surface area contributed by atoms with Gasteiger partial charge in [0.1, 0.15) is 0 Å². The molecule has 0 radical (unpaired) electrons. The first-order valence-electron chi connectivity index (χ1n) is 6.33. The topological polar surface area (TPSA) is 0 Å². The van der Waals surface area contributed by atoms with Gasteiger partial charge >= 0.3 is 0 Å². The molecule has 0 unspecified atom stereocenters. The zero-order chi connectivity index (χ0) is 12.6. The van der Waals surface area contributed by atoms with E-state index < -0.39 is 0 Å². The number of hydrogen-bond acceptors (Lipinski definition) is 0. The summed E-state index contributed by atoms with van der Waals surface area (Å²) < 4.78 is 0. The van der Waals surface area contributed by atoms with E-state index in [-0.39, 0.29) is 0 Å². The lowest BCUT2D eigenvalue weighted by molar-refractivity contribution is 1.06. The molecule has 0 aliphatic carbocycles. The molecule has 18 heavy (non-hydrogen) atoms. The average molecular weight is 234 g/mol. The predicted molar refractivity (Wildman–Crippen MR) is 80.3 cm³/mol. The Labute approximate surface area is 109 Å². The predicted octanol–water partition coefficient (Wildman–Crippen LogP) is 5.33. The maximum Gasteiger partial charge on any atom is -0.0112 e. The summed E-state index contributed by atoms with van der Waals surface area (Å²) in [5.41, 5.74) is 3.82. The normalized spacial score (nSPS) is 10.7. The average Bonchev–Trinajstić information content (AvgIpc) is 2.45. The van der Waals surface area contributed by atoms with Crippen molar-refractivity contribution in [2.24, 2.45) is 0 Å². The molecule has 0 heterocycles. The Morgan fingerprint density at radius 3 is 2.33 bits per heavy atom. The smallest absolute Gasteiger partial charge is 0.0112 e. The highest BCUT2D eigenvalue weighted by Gasteiger charge is 2.00. The number of hydrogen-bond donors (Lipinski definition) is 0. The highest BCUT2D eigenvalue weighted by molar-refractivity contribution is 5.75. The second kappa shape index (κ2) is 6.61. The van der Waals surface area contributed by atoms with Crippen molar-refractivity contribution in [3.05, 3.63) is 78.9 Å². The minimum Gasteiger partial charge on any atom is -0.103 e. The van der Waals surface area contributed by atoms with Gasteiger partial charge in [-0.15, -0.1) is 6.58 Å². The molecule has 0 bridgehead atoms. The fraction of sp³-hybridized carbons (Fsp3) is 0.111. The summed E-state index contributed by atoms with van der Waals surface area (Å²) in [5, 5.41) is 0. The van der Waals surface area contributed by atoms with Gasteiger partial charge in [0.2, 0.25) is 0 Å². The molecule has 0 spiro atoms. The van der Waals surface area contributed by atoms with Crippen LogP contribution in [0.25, 0.3) is 17.2 Å². The van der Waals surface area contributed by atoms with Crippen LogP contribution >= 0.6 is 0 Å².